The predicted octanol–water partition coefficient (Wildman–Crippen LogP) is 4.24. The van der Waals surface area contributed by atoms with Gasteiger partial charge in [-0.25, -0.2) is 0 Å². The van der Waals surface area contributed by atoms with Gasteiger partial charge in [0, 0.05) is 27.0 Å². The second-order valence-corrected chi connectivity index (χ2v) is 7.78. The molecule has 23 heavy (non-hydrogen) atoms. The van der Waals surface area contributed by atoms with Crippen molar-refractivity contribution in [2.24, 2.45) is 5.73 Å². The number of halogens is 1. The van der Waals surface area contributed by atoms with Gasteiger partial charge in [-0.05, 0) is 43.7 Å². The highest BCUT2D eigenvalue weighted by atomic mass is 35.5. The summed E-state index contributed by atoms with van der Waals surface area (Å²) in [4.78, 5) is 25.6. The maximum absolute atomic E-state index is 12.1. The number of rotatable bonds is 6. The van der Waals surface area contributed by atoms with Crippen molar-refractivity contribution in [2.45, 2.75) is 25.2 Å². The van der Waals surface area contributed by atoms with Gasteiger partial charge in [0.15, 0.2) is 0 Å². The largest absolute Gasteiger partial charge is 0.365 e. The Labute approximate surface area is 148 Å². The lowest BCUT2D eigenvalue weighted by atomic mass is 10.1. The minimum atomic E-state index is -0.516. The topological polar surface area (TPSA) is 72.2 Å². The third-order valence-corrected chi connectivity index (χ3v) is 5.68. The number of anilines is 1. The first-order valence-corrected chi connectivity index (χ1v) is 9.14. The highest BCUT2D eigenvalue weighted by Gasteiger charge is 2.18. The van der Waals surface area contributed by atoms with E-state index in [0.717, 1.165) is 15.3 Å². The predicted molar refractivity (Wildman–Crippen MR) is 97.7 cm³/mol. The van der Waals surface area contributed by atoms with Gasteiger partial charge < -0.3 is 11.1 Å². The Hall–Kier alpha value is -1.50. The van der Waals surface area contributed by atoms with Crippen LogP contribution in [0.15, 0.2) is 29.2 Å². The first-order chi connectivity index (χ1) is 10.9. The molecule has 4 nitrogen and oxygen atoms in total. The second-order valence-electron chi connectivity index (χ2n) is 4.95. The SMILES string of the molecule is Cc1sc(NC(=O)CCSc2ccc(Cl)cc2)c(C(N)=O)c1C. The molecule has 0 atom stereocenters. The number of nitrogens with one attached hydrogen (secondary N) is 1. The highest BCUT2D eigenvalue weighted by Crippen LogP contribution is 2.32. The van der Waals surface area contributed by atoms with E-state index < -0.39 is 5.91 Å². The molecule has 0 saturated carbocycles. The van der Waals surface area contributed by atoms with E-state index in [9.17, 15) is 9.59 Å². The Morgan fingerprint density at radius 1 is 1.26 bits per heavy atom. The van der Waals surface area contributed by atoms with Gasteiger partial charge in [0.05, 0.1) is 5.56 Å². The molecule has 0 spiro atoms. The van der Waals surface area contributed by atoms with Crippen LogP contribution in [0.1, 0.15) is 27.2 Å². The van der Waals surface area contributed by atoms with Crippen LogP contribution in [-0.4, -0.2) is 17.6 Å². The van der Waals surface area contributed by atoms with Gasteiger partial charge in [-0.15, -0.1) is 23.1 Å². The van der Waals surface area contributed by atoms with Crippen molar-refractivity contribution in [3.63, 3.8) is 0 Å². The minimum Gasteiger partial charge on any atom is -0.365 e. The average Bonchev–Trinajstić information content (AvgIpc) is 2.75. The number of hydrogen-bond acceptors (Lipinski definition) is 4. The third kappa shape index (κ3) is 4.73. The van der Waals surface area contributed by atoms with Crippen molar-refractivity contribution < 1.29 is 9.59 Å². The van der Waals surface area contributed by atoms with Gasteiger partial charge in [-0.1, -0.05) is 11.6 Å². The van der Waals surface area contributed by atoms with Gasteiger partial charge in [0.1, 0.15) is 5.00 Å². The fourth-order valence-corrected chi connectivity index (χ4v) is 4.05. The molecule has 2 amide bonds. The van der Waals surface area contributed by atoms with E-state index in [4.69, 9.17) is 17.3 Å². The number of hydrogen-bond donors (Lipinski definition) is 2. The van der Waals surface area contributed by atoms with Gasteiger partial charge >= 0.3 is 0 Å². The van der Waals surface area contributed by atoms with E-state index in [1.165, 1.54) is 11.3 Å². The summed E-state index contributed by atoms with van der Waals surface area (Å²) in [6.45, 7) is 3.73. The van der Waals surface area contributed by atoms with Crippen LogP contribution in [0.4, 0.5) is 5.00 Å². The Kier molecular flexibility index (Phi) is 6.10. The summed E-state index contributed by atoms with van der Waals surface area (Å²) in [7, 11) is 0. The normalized spacial score (nSPS) is 10.6. The minimum absolute atomic E-state index is 0.129. The van der Waals surface area contributed by atoms with Crippen LogP contribution in [0.3, 0.4) is 0 Å². The molecule has 0 aliphatic carbocycles. The number of amides is 2. The highest BCUT2D eigenvalue weighted by molar-refractivity contribution is 7.99. The summed E-state index contributed by atoms with van der Waals surface area (Å²) in [5.74, 6) is -0.00388. The van der Waals surface area contributed by atoms with Gasteiger partial charge in [-0.3, -0.25) is 9.59 Å². The third-order valence-electron chi connectivity index (χ3n) is 3.30. The van der Waals surface area contributed by atoms with Crippen molar-refractivity contribution in [1.29, 1.82) is 0 Å². The second kappa shape index (κ2) is 7.86. The average molecular weight is 369 g/mol. The summed E-state index contributed by atoms with van der Waals surface area (Å²) in [5.41, 5.74) is 6.63. The zero-order valence-corrected chi connectivity index (χ0v) is 15.2. The number of nitrogens with two attached hydrogens (primary N) is 1. The zero-order chi connectivity index (χ0) is 17.0. The van der Waals surface area contributed by atoms with Crippen LogP contribution in [0, 0.1) is 13.8 Å². The van der Waals surface area contributed by atoms with Crippen molar-refractivity contribution in [3.05, 3.63) is 45.3 Å². The van der Waals surface area contributed by atoms with E-state index in [-0.39, 0.29) is 5.91 Å². The van der Waals surface area contributed by atoms with Crippen LogP contribution in [-0.2, 0) is 4.79 Å². The molecule has 0 fully saturated rings. The molecule has 2 rings (SSSR count). The Morgan fingerprint density at radius 3 is 2.52 bits per heavy atom. The molecule has 0 saturated heterocycles. The molecule has 3 N–H and O–H groups in total. The number of benzene rings is 1. The van der Waals surface area contributed by atoms with Gasteiger partial charge in [0.2, 0.25) is 5.91 Å². The molecule has 0 unspecified atom stereocenters. The number of thiophene rings is 1. The van der Waals surface area contributed by atoms with E-state index >= 15 is 0 Å². The first-order valence-electron chi connectivity index (χ1n) is 6.96. The molecule has 0 radical (unpaired) electrons. The Balaban J connectivity index is 1.91. The molecule has 1 aromatic heterocycles. The summed E-state index contributed by atoms with van der Waals surface area (Å²) in [6, 6.07) is 7.48. The molecule has 1 heterocycles. The molecule has 2 aromatic rings. The van der Waals surface area contributed by atoms with Crippen LogP contribution < -0.4 is 11.1 Å². The number of primary amides is 1. The van der Waals surface area contributed by atoms with E-state index in [1.807, 2.05) is 38.1 Å². The van der Waals surface area contributed by atoms with Crippen molar-refractivity contribution in [3.8, 4) is 0 Å². The summed E-state index contributed by atoms with van der Waals surface area (Å²) < 4.78 is 0. The van der Waals surface area contributed by atoms with Crippen LogP contribution in [0.25, 0.3) is 0 Å². The van der Waals surface area contributed by atoms with Crippen LogP contribution in [0.5, 0.6) is 0 Å². The molecular formula is C16H17ClN2O2S2. The number of carbonyl (C=O) groups excluding carboxylic acids is 2. The van der Waals surface area contributed by atoms with E-state index in [2.05, 4.69) is 5.32 Å². The molecule has 0 aliphatic rings. The fourth-order valence-electron chi connectivity index (χ4n) is 1.99. The number of carbonyl (C=O) groups is 2. The standard InChI is InChI=1S/C16H17ClN2O2S2/c1-9-10(2)23-16(14(9)15(18)21)19-13(20)7-8-22-12-5-3-11(17)4-6-12/h3-6H,7-8H2,1-2H3,(H2,18,21)(H,19,20). The van der Waals surface area contributed by atoms with Crippen molar-refractivity contribution in [1.82, 2.24) is 0 Å². The lowest BCUT2D eigenvalue weighted by molar-refractivity contribution is -0.115. The lowest BCUT2D eigenvalue weighted by Gasteiger charge is -2.05. The quantitative estimate of drug-likeness (QED) is 0.749. The van der Waals surface area contributed by atoms with Gasteiger partial charge in [-0.2, -0.15) is 0 Å². The Bertz CT molecular complexity index is 726. The van der Waals surface area contributed by atoms with E-state index in [1.54, 1.807) is 11.8 Å². The van der Waals surface area contributed by atoms with Crippen LogP contribution >= 0.6 is 34.7 Å². The summed E-state index contributed by atoms with van der Waals surface area (Å²) >= 11 is 8.79. The smallest absolute Gasteiger partial charge is 0.251 e. The number of thioether (sulfide) groups is 1. The first kappa shape index (κ1) is 17.8. The van der Waals surface area contributed by atoms with E-state index in [0.29, 0.717) is 27.8 Å². The summed E-state index contributed by atoms with van der Waals surface area (Å²) in [6.07, 6.45) is 0.349. The van der Waals surface area contributed by atoms with Gasteiger partial charge in [0.25, 0.3) is 5.91 Å². The molecule has 122 valence electrons. The van der Waals surface area contributed by atoms with Crippen molar-refractivity contribution in [2.75, 3.05) is 11.1 Å². The molecule has 0 bridgehead atoms. The van der Waals surface area contributed by atoms with Crippen molar-refractivity contribution >= 4 is 51.5 Å². The molecular weight excluding hydrogens is 352 g/mol. The Morgan fingerprint density at radius 2 is 1.91 bits per heavy atom. The van der Waals surface area contributed by atoms with Crippen LogP contribution in [0.2, 0.25) is 5.02 Å². The number of aryl methyl sites for hydroxylation is 1. The monoisotopic (exact) mass is 368 g/mol. The lowest BCUT2D eigenvalue weighted by Crippen LogP contribution is -2.17. The molecule has 1 aromatic carbocycles. The maximum Gasteiger partial charge on any atom is 0.251 e. The fraction of sp³-hybridized carbons (Fsp3) is 0.250. The molecule has 7 heteroatoms. The molecule has 0 aliphatic heterocycles. The maximum atomic E-state index is 12.1. The summed E-state index contributed by atoms with van der Waals surface area (Å²) in [5, 5.41) is 4.02. The zero-order valence-electron chi connectivity index (χ0n) is 12.8.